The van der Waals surface area contributed by atoms with E-state index in [4.69, 9.17) is 0 Å². The molecule has 0 amide bonds. The van der Waals surface area contributed by atoms with Crippen molar-refractivity contribution < 1.29 is 17.9 Å². The van der Waals surface area contributed by atoms with Crippen molar-refractivity contribution in [2.24, 2.45) is 0 Å². The quantitative estimate of drug-likeness (QED) is 0.731. The van der Waals surface area contributed by atoms with Crippen LogP contribution < -0.4 is 4.74 Å². The van der Waals surface area contributed by atoms with Gasteiger partial charge in [0.1, 0.15) is 5.75 Å². The van der Waals surface area contributed by atoms with E-state index in [-0.39, 0.29) is 11.7 Å². The predicted octanol–water partition coefficient (Wildman–Crippen LogP) is 3.77. The van der Waals surface area contributed by atoms with Crippen LogP contribution in [0.4, 0.5) is 13.2 Å². The summed E-state index contributed by atoms with van der Waals surface area (Å²) in [5.41, 5.74) is 1.23. The standard InChI is InChI=1S/C11H11F3O/c1-7-3-2-4-9(8-5-6-8)10(7)15-11(12,13)14/h2-4,8H,5-6H2,1H3. The average Bonchev–Trinajstić information content (AvgIpc) is 2.89. The Bertz CT molecular complexity index is 367. The van der Waals surface area contributed by atoms with E-state index in [9.17, 15) is 13.2 Å². The number of hydrogen-bond acceptors (Lipinski definition) is 1. The average molecular weight is 216 g/mol. The fraction of sp³-hybridized carbons (Fsp3) is 0.455. The molecule has 0 aromatic heterocycles. The van der Waals surface area contributed by atoms with Crippen LogP contribution in [0.3, 0.4) is 0 Å². The van der Waals surface area contributed by atoms with Gasteiger partial charge >= 0.3 is 6.36 Å². The Morgan fingerprint density at radius 1 is 1.27 bits per heavy atom. The second-order valence-corrected chi connectivity index (χ2v) is 3.82. The van der Waals surface area contributed by atoms with E-state index < -0.39 is 6.36 Å². The van der Waals surface area contributed by atoms with Crippen LogP contribution in [0.15, 0.2) is 18.2 Å². The summed E-state index contributed by atoms with van der Waals surface area (Å²) in [5, 5.41) is 0. The number of para-hydroxylation sites is 1. The fourth-order valence-corrected chi connectivity index (χ4v) is 1.65. The van der Waals surface area contributed by atoms with E-state index in [2.05, 4.69) is 4.74 Å². The molecule has 1 saturated carbocycles. The lowest BCUT2D eigenvalue weighted by atomic mass is 10.1. The minimum absolute atomic E-state index is 0.00694. The maximum Gasteiger partial charge on any atom is 0.573 e. The molecular weight excluding hydrogens is 205 g/mol. The summed E-state index contributed by atoms with van der Waals surface area (Å²) in [4.78, 5) is 0. The molecule has 1 aromatic carbocycles. The molecule has 15 heavy (non-hydrogen) atoms. The predicted molar refractivity (Wildman–Crippen MR) is 49.8 cm³/mol. The van der Waals surface area contributed by atoms with Crippen molar-refractivity contribution in [3.8, 4) is 5.75 Å². The summed E-state index contributed by atoms with van der Waals surface area (Å²) in [5.74, 6) is 0.245. The van der Waals surface area contributed by atoms with Crippen LogP contribution in [-0.4, -0.2) is 6.36 Å². The van der Waals surface area contributed by atoms with Gasteiger partial charge in [-0.3, -0.25) is 0 Å². The first-order valence-corrected chi connectivity index (χ1v) is 4.82. The van der Waals surface area contributed by atoms with Gasteiger partial charge in [0.25, 0.3) is 0 Å². The Morgan fingerprint density at radius 3 is 2.47 bits per heavy atom. The van der Waals surface area contributed by atoms with E-state index in [1.807, 2.05) is 0 Å². The lowest BCUT2D eigenvalue weighted by Gasteiger charge is -2.15. The van der Waals surface area contributed by atoms with Gasteiger partial charge in [0, 0.05) is 0 Å². The van der Waals surface area contributed by atoms with Crippen LogP contribution in [0.2, 0.25) is 0 Å². The van der Waals surface area contributed by atoms with E-state index in [0.717, 1.165) is 12.8 Å². The molecule has 82 valence electrons. The van der Waals surface area contributed by atoms with E-state index in [1.54, 1.807) is 25.1 Å². The Kier molecular flexibility index (Phi) is 2.37. The molecule has 0 spiro atoms. The third-order valence-electron chi connectivity index (χ3n) is 2.48. The zero-order chi connectivity index (χ0) is 11.1. The number of alkyl halides is 3. The van der Waals surface area contributed by atoms with Crippen LogP contribution >= 0.6 is 0 Å². The van der Waals surface area contributed by atoms with Crippen molar-refractivity contribution in [3.05, 3.63) is 29.3 Å². The largest absolute Gasteiger partial charge is 0.573 e. The van der Waals surface area contributed by atoms with Crippen molar-refractivity contribution in [1.29, 1.82) is 0 Å². The summed E-state index contributed by atoms with van der Waals surface area (Å²) < 4.78 is 40.6. The molecule has 0 saturated heterocycles. The third kappa shape index (κ3) is 2.43. The number of rotatable bonds is 2. The lowest BCUT2D eigenvalue weighted by Crippen LogP contribution is -2.18. The van der Waals surface area contributed by atoms with Gasteiger partial charge in [-0.1, -0.05) is 18.2 Å². The molecule has 1 aromatic rings. The zero-order valence-corrected chi connectivity index (χ0v) is 8.27. The summed E-state index contributed by atoms with van der Waals surface area (Å²) >= 11 is 0. The molecule has 0 bridgehead atoms. The summed E-state index contributed by atoms with van der Waals surface area (Å²) in [6.07, 6.45) is -2.69. The highest BCUT2D eigenvalue weighted by Crippen LogP contribution is 2.46. The number of benzene rings is 1. The second-order valence-electron chi connectivity index (χ2n) is 3.82. The molecule has 1 nitrogen and oxygen atoms in total. The molecule has 0 atom stereocenters. The Labute approximate surface area is 85.9 Å². The number of halogens is 3. The molecule has 0 unspecified atom stereocenters. The van der Waals surface area contributed by atoms with Crippen molar-refractivity contribution in [2.75, 3.05) is 0 Å². The van der Waals surface area contributed by atoms with Gasteiger partial charge in [-0.25, -0.2) is 0 Å². The van der Waals surface area contributed by atoms with Crippen molar-refractivity contribution in [2.45, 2.75) is 32.0 Å². The second kappa shape index (κ2) is 3.43. The van der Waals surface area contributed by atoms with Gasteiger partial charge in [0.2, 0.25) is 0 Å². The summed E-state index contributed by atoms with van der Waals surface area (Å²) in [7, 11) is 0. The molecule has 2 rings (SSSR count). The van der Waals surface area contributed by atoms with Crippen molar-refractivity contribution in [3.63, 3.8) is 0 Å². The topological polar surface area (TPSA) is 9.23 Å². The maximum atomic E-state index is 12.2. The molecular formula is C11H11F3O. The Morgan fingerprint density at radius 2 is 1.93 bits per heavy atom. The first kappa shape index (κ1) is 10.3. The van der Waals surface area contributed by atoms with Crippen molar-refractivity contribution in [1.82, 2.24) is 0 Å². The molecule has 1 fully saturated rings. The van der Waals surface area contributed by atoms with Crippen LogP contribution in [-0.2, 0) is 0 Å². The van der Waals surface area contributed by atoms with Gasteiger partial charge in [-0.15, -0.1) is 13.2 Å². The molecule has 0 aliphatic heterocycles. The molecule has 0 radical (unpaired) electrons. The molecule has 0 heterocycles. The molecule has 0 N–H and O–H groups in total. The van der Waals surface area contributed by atoms with Crippen LogP contribution in [0.25, 0.3) is 0 Å². The Balaban J connectivity index is 2.34. The number of ether oxygens (including phenoxy) is 1. The van der Waals surface area contributed by atoms with Gasteiger partial charge in [-0.05, 0) is 36.8 Å². The van der Waals surface area contributed by atoms with E-state index in [1.165, 1.54) is 0 Å². The van der Waals surface area contributed by atoms with Crippen LogP contribution in [0, 0.1) is 6.92 Å². The highest BCUT2D eigenvalue weighted by molar-refractivity contribution is 5.44. The van der Waals surface area contributed by atoms with E-state index in [0.29, 0.717) is 11.1 Å². The third-order valence-corrected chi connectivity index (χ3v) is 2.48. The minimum atomic E-state index is -4.60. The van der Waals surface area contributed by atoms with Crippen LogP contribution in [0.1, 0.15) is 29.9 Å². The van der Waals surface area contributed by atoms with Gasteiger partial charge in [-0.2, -0.15) is 0 Å². The highest BCUT2D eigenvalue weighted by Gasteiger charge is 2.35. The number of hydrogen-bond donors (Lipinski definition) is 0. The normalized spacial score (nSPS) is 16.5. The maximum absolute atomic E-state index is 12.2. The Hall–Kier alpha value is -1.19. The summed E-state index contributed by atoms with van der Waals surface area (Å²) in [6, 6.07) is 5.12. The van der Waals surface area contributed by atoms with E-state index >= 15 is 0 Å². The van der Waals surface area contributed by atoms with Crippen molar-refractivity contribution >= 4 is 0 Å². The minimum Gasteiger partial charge on any atom is -0.405 e. The molecule has 1 aliphatic rings. The first-order valence-electron chi connectivity index (χ1n) is 4.82. The monoisotopic (exact) mass is 216 g/mol. The molecule has 4 heteroatoms. The van der Waals surface area contributed by atoms with Crippen LogP contribution in [0.5, 0.6) is 5.75 Å². The zero-order valence-electron chi connectivity index (χ0n) is 8.27. The summed E-state index contributed by atoms with van der Waals surface area (Å²) in [6.45, 7) is 1.63. The van der Waals surface area contributed by atoms with Gasteiger partial charge in [0.15, 0.2) is 0 Å². The van der Waals surface area contributed by atoms with Gasteiger partial charge < -0.3 is 4.74 Å². The first-order chi connectivity index (χ1) is 6.97. The smallest absolute Gasteiger partial charge is 0.405 e. The van der Waals surface area contributed by atoms with Gasteiger partial charge in [0.05, 0.1) is 0 Å². The number of aryl methyl sites for hydroxylation is 1. The SMILES string of the molecule is Cc1cccc(C2CC2)c1OC(F)(F)F. The molecule has 1 aliphatic carbocycles. The highest BCUT2D eigenvalue weighted by atomic mass is 19.4. The fourth-order valence-electron chi connectivity index (χ4n) is 1.65. The lowest BCUT2D eigenvalue weighted by molar-refractivity contribution is -0.275.